The van der Waals surface area contributed by atoms with Crippen molar-refractivity contribution in [1.82, 2.24) is 9.97 Å². The Morgan fingerprint density at radius 3 is 2.36 bits per heavy atom. The standard InChI is InChI=1S/C27H27ClN6O4S/c1-38-18-11-12-20(28)23(16-18)33-24-25(32-22-10-3-2-9-21(22)31-24)34-39(36,37)19-8-6-7-17(15-19)30-26(35)27(29)13-4-5-14-27/h2-3,6-12,15-16H,4-5,13-14,29H2,1H3,(H,30,35)(H,31,33)(H,32,34). The van der Waals surface area contributed by atoms with Crippen molar-refractivity contribution in [2.75, 3.05) is 22.5 Å². The van der Waals surface area contributed by atoms with Gasteiger partial charge in [-0.15, -0.1) is 0 Å². The lowest BCUT2D eigenvalue weighted by Gasteiger charge is -2.22. The smallest absolute Gasteiger partial charge is 0.263 e. The number of nitrogens with one attached hydrogen (secondary N) is 3. The fourth-order valence-electron chi connectivity index (χ4n) is 4.43. The molecule has 5 N–H and O–H groups in total. The van der Waals surface area contributed by atoms with Gasteiger partial charge in [0.25, 0.3) is 10.0 Å². The van der Waals surface area contributed by atoms with Gasteiger partial charge in [-0.25, -0.2) is 18.4 Å². The van der Waals surface area contributed by atoms with Crippen molar-refractivity contribution in [2.45, 2.75) is 36.1 Å². The lowest BCUT2D eigenvalue weighted by atomic mass is 9.98. The molecular weight excluding hydrogens is 540 g/mol. The van der Waals surface area contributed by atoms with Crippen LogP contribution in [0.2, 0.25) is 5.02 Å². The second-order valence-corrected chi connectivity index (χ2v) is 11.4. The maximum Gasteiger partial charge on any atom is 0.263 e. The molecule has 1 aliphatic carbocycles. The molecule has 12 heteroatoms. The fourth-order valence-corrected chi connectivity index (χ4v) is 5.65. The molecule has 5 rings (SSSR count). The van der Waals surface area contributed by atoms with Gasteiger partial charge in [-0.05, 0) is 55.3 Å². The summed E-state index contributed by atoms with van der Waals surface area (Å²) in [6.07, 6.45) is 2.94. The van der Waals surface area contributed by atoms with Gasteiger partial charge in [0, 0.05) is 11.8 Å². The van der Waals surface area contributed by atoms with E-state index in [9.17, 15) is 13.2 Å². The SMILES string of the molecule is COc1ccc(Cl)c(Nc2nc3ccccc3nc2NS(=O)(=O)c2cccc(NC(=O)C3(N)CCCC3)c2)c1. The number of rotatable bonds is 8. The van der Waals surface area contributed by atoms with Gasteiger partial charge in [-0.1, -0.05) is 42.6 Å². The number of anilines is 4. The Kier molecular flexibility index (Phi) is 7.30. The molecule has 3 aromatic carbocycles. The molecule has 0 atom stereocenters. The number of nitrogens with two attached hydrogens (primary N) is 1. The number of carbonyl (C=O) groups is 1. The van der Waals surface area contributed by atoms with Crippen LogP contribution < -0.4 is 25.8 Å². The molecule has 0 unspecified atom stereocenters. The molecule has 1 heterocycles. The van der Waals surface area contributed by atoms with Crippen LogP contribution in [0, 0.1) is 0 Å². The summed E-state index contributed by atoms with van der Waals surface area (Å²) in [6, 6.07) is 18.0. The van der Waals surface area contributed by atoms with E-state index in [4.69, 9.17) is 22.1 Å². The van der Waals surface area contributed by atoms with Crippen molar-refractivity contribution < 1.29 is 17.9 Å². The summed E-state index contributed by atoms with van der Waals surface area (Å²) in [5, 5.41) is 6.21. The van der Waals surface area contributed by atoms with Crippen molar-refractivity contribution in [3.8, 4) is 5.75 Å². The van der Waals surface area contributed by atoms with Crippen molar-refractivity contribution >= 4 is 61.6 Å². The van der Waals surface area contributed by atoms with E-state index in [0.29, 0.717) is 46.0 Å². The van der Waals surface area contributed by atoms with Gasteiger partial charge in [0.15, 0.2) is 11.6 Å². The average Bonchev–Trinajstić information content (AvgIpc) is 3.38. The van der Waals surface area contributed by atoms with Crippen molar-refractivity contribution in [2.24, 2.45) is 5.73 Å². The van der Waals surface area contributed by atoms with E-state index in [-0.39, 0.29) is 22.4 Å². The summed E-state index contributed by atoms with van der Waals surface area (Å²) in [4.78, 5) is 21.8. The first-order valence-electron chi connectivity index (χ1n) is 12.3. The summed E-state index contributed by atoms with van der Waals surface area (Å²) in [7, 11) is -2.62. The third-order valence-corrected chi connectivity index (χ3v) is 8.24. The Balaban J connectivity index is 1.47. The molecule has 0 saturated heterocycles. The third-order valence-electron chi connectivity index (χ3n) is 6.58. The molecule has 4 aromatic rings. The van der Waals surface area contributed by atoms with Crippen LogP contribution in [-0.4, -0.2) is 36.9 Å². The number of ether oxygens (including phenoxy) is 1. The molecule has 0 spiro atoms. The van der Waals surface area contributed by atoms with Gasteiger partial charge >= 0.3 is 0 Å². The number of halogens is 1. The molecule has 1 aliphatic rings. The van der Waals surface area contributed by atoms with E-state index in [1.165, 1.54) is 19.2 Å². The van der Waals surface area contributed by atoms with Gasteiger partial charge in [0.05, 0.1) is 39.3 Å². The molecule has 0 aliphatic heterocycles. The minimum Gasteiger partial charge on any atom is -0.497 e. The molecule has 0 bridgehead atoms. The Morgan fingerprint density at radius 2 is 1.67 bits per heavy atom. The number of aromatic nitrogens is 2. The number of nitrogens with zero attached hydrogens (tertiary/aromatic N) is 2. The Labute approximate surface area is 231 Å². The zero-order chi connectivity index (χ0) is 27.6. The van der Waals surface area contributed by atoms with Crippen LogP contribution in [-0.2, 0) is 14.8 Å². The van der Waals surface area contributed by atoms with E-state index >= 15 is 0 Å². The van der Waals surface area contributed by atoms with Crippen LogP contribution >= 0.6 is 11.6 Å². The van der Waals surface area contributed by atoms with E-state index in [2.05, 4.69) is 25.3 Å². The van der Waals surface area contributed by atoms with Gasteiger partial charge in [-0.3, -0.25) is 9.52 Å². The molecule has 0 radical (unpaired) electrons. The molecular formula is C27H27ClN6O4S. The minimum absolute atomic E-state index is 0.0334. The first-order valence-corrected chi connectivity index (χ1v) is 14.1. The number of hydrogen-bond donors (Lipinski definition) is 4. The summed E-state index contributed by atoms with van der Waals surface area (Å²) < 4.78 is 34.8. The highest BCUT2D eigenvalue weighted by molar-refractivity contribution is 7.92. The fraction of sp³-hybridized carbons (Fsp3) is 0.222. The number of fused-ring (bicyclic) bond motifs is 1. The summed E-state index contributed by atoms with van der Waals surface area (Å²) >= 11 is 6.37. The van der Waals surface area contributed by atoms with E-state index in [0.717, 1.165) is 12.8 Å². The highest BCUT2D eigenvalue weighted by Gasteiger charge is 2.37. The summed E-state index contributed by atoms with van der Waals surface area (Å²) in [6.45, 7) is 0. The average molecular weight is 567 g/mol. The second kappa shape index (κ2) is 10.7. The molecule has 1 amide bonds. The number of methoxy groups -OCH3 is 1. The minimum atomic E-state index is -4.14. The first-order chi connectivity index (χ1) is 18.7. The quantitative estimate of drug-likeness (QED) is 0.232. The topological polar surface area (TPSA) is 148 Å². The predicted octanol–water partition coefficient (Wildman–Crippen LogP) is 5.05. The highest BCUT2D eigenvalue weighted by Crippen LogP contribution is 2.33. The summed E-state index contributed by atoms with van der Waals surface area (Å²) in [5.41, 5.74) is 7.12. The van der Waals surface area contributed by atoms with Crippen molar-refractivity contribution in [3.63, 3.8) is 0 Å². The van der Waals surface area contributed by atoms with Crippen molar-refractivity contribution in [3.05, 3.63) is 71.8 Å². The zero-order valence-corrected chi connectivity index (χ0v) is 22.6. The predicted molar refractivity (Wildman–Crippen MR) is 152 cm³/mol. The van der Waals surface area contributed by atoms with Gasteiger partial charge in [0.2, 0.25) is 5.91 Å². The third kappa shape index (κ3) is 5.75. The van der Waals surface area contributed by atoms with Crippen LogP contribution in [0.5, 0.6) is 5.75 Å². The first kappa shape index (κ1) is 26.7. The van der Waals surface area contributed by atoms with Crippen LogP contribution in [0.1, 0.15) is 25.7 Å². The number of sulfonamides is 1. The Morgan fingerprint density at radius 1 is 0.974 bits per heavy atom. The lowest BCUT2D eigenvalue weighted by molar-refractivity contribution is -0.121. The Hall–Kier alpha value is -3.93. The molecule has 10 nitrogen and oxygen atoms in total. The maximum atomic E-state index is 13.5. The van der Waals surface area contributed by atoms with Crippen molar-refractivity contribution in [1.29, 1.82) is 0 Å². The van der Waals surface area contributed by atoms with Gasteiger partial charge in [0.1, 0.15) is 5.75 Å². The number of benzene rings is 3. The Bertz CT molecular complexity index is 1660. The molecule has 1 saturated carbocycles. The van der Waals surface area contributed by atoms with Crippen LogP contribution in [0.25, 0.3) is 11.0 Å². The summed E-state index contributed by atoms with van der Waals surface area (Å²) in [5.74, 6) is 0.329. The monoisotopic (exact) mass is 566 g/mol. The number of hydrogen-bond acceptors (Lipinski definition) is 8. The second-order valence-electron chi connectivity index (χ2n) is 9.33. The number of carbonyl (C=O) groups excluding carboxylic acids is 1. The maximum absolute atomic E-state index is 13.5. The zero-order valence-electron chi connectivity index (χ0n) is 21.1. The van der Waals surface area contributed by atoms with E-state index < -0.39 is 15.6 Å². The molecule has 1 fully saturated rings. The van der Waals surface area contributed by atoms with E-state index in [1.54, 1.807) is 54.6 Å². The molecule has 202 valence electrons. The molecule has 1 aromatic heterocycles. The van der Waals surface area contributed by atoms with Crippen LogP contribution in [0.3, 0.4) is 0 Å². The van der Waals surface area contributed by atoms with E-state index in [1.807, 2.05) is 0 Å². The largest absolute Gasteiger partial charge is 0.497 e. The van der Waals surface area contributed by atoms with Gasteiger partial charge < -0.3 is 21.1 Å². The molecule has 39 heavy (non-hydrogen) atoms. The highest BCUT2D eigenvalue weighted by atomic mass is 35.5. The number of amides is 1. The normalized spacial score (nSPS) is 14.6. The lowest BCUT2D eigenvalue weighted by Crippen LogP contribution is -2.48. The van der Waals surface area contributed by atoms with Crippen LogP contribution in [0.15, 0.2) is 71.6 Å². The van der Waals surface area contributed by atoms with Gasteiger partial charge in [-0.2, -0.15) is 0 Å². The van der Waals surface area contributed by atoms with Crippen LogP contribution in [0.4, 0.5) is 23.0 Å². The number of para-hydroxylation sites is 2.